The SMILES string of the molecule is CCOC(=O)c1cc2cc(-c3ccc(C(F)(F)F)cc3)ccc2s1. The Hall–Kier alpha value is -2.34. The smallest absolute Gasteiger partial charge is 0.416 e. The standard InChI is InChI=1S/C18H13F3O2S/c1-2-23-17(22)16-10-13-9-12(5-8-15(13)24-16)11-3-6-14(7-4-11)18(19,20)21/h3-10H,2H2,1H3. The van der Waals surface area contributed by atoms with E-state index < -0.39 is 11.7 Å². The molecule has 2 aromatic carbocycles. The molecule has 124 valence electrons. The molecule has 0 radical (unpaired) electrons. The molecule has 0 aliphatic carbocycles. The molecular formula is C18H13F3O2S. The van der Waals surface area contributed by atoms with E-state index in [1.54, 1.807) is 13.0 Å². The van der Waals surface area contributed by atoms with Gasteiger partial charge in [0.15, 0.2) is 0 Å². The largest absolute Gasteiger partial charge is 0.462 e. The fourth-order valence-corrected chi connectivity index (χ4v) is 3.31. The lowest BCUT2D eigenvalue weighted by Gasteiger charge is -2.07. The third kappa shape index (κ3) is 3.28. The first-order valence-electron chi connectivity index (χ1n) is 7.27. The van der Waals surface area contributed by atoms with Crippen LogP contribution in [-0.2, 0) is 10.9 Å². The Labute approximate surface area is 140 Å². The summed E-state index contributed by atoms with van der Waals surface area (Å²) in [5, 5.41) is 0.862. The van der Waals surface area contributed by atoms with Crippen LogP contribution in [-0.4, -0.2) is 12.6 Å². The van der Waals surface area contributed by atoms with Crippen molar-refractivity contribution in [3.63, 3.8) is 0 Å². The number of rotatable bonds is 3. The lowest BCUT2D eigenvalue weighted by Crippen LogP contribution is -2.03. The highest BCUT2D eigenvalue weighted by molar-refractivity contribution is 7.20. The van der Waals surface area contributed by atoms with Gasteiger partial charge in [0.25, 0.3) is 0 Å². The van der Waals surface area contributed by atoms with Crippen molar-refractivity contribution in [2.24, 2.45) is 0 Å². The number of ether oxygens (including phenoxy) is 1. The van der Waals surface area contributed by atoms with Crippen LogP contribution in [0.4, 0.5) is 13.2 Å². The van der Waals surface area contributed by atoms with Crippen molar-refractivity contribution >= 4 is 27.4 Å². The van der Waals surface area contributed by atoms with Gasteiger partial charge in [0, 0.05) is 4.70 Å². The fraction of sp³-hybridized carbons (Fsp3) is 0.167. The summed E-state index contributed by atoms with van der Waals surface area (Å²) in [4.78, 5) is 12.3. The molecule has 0 fully saturated rings. The van der Waals surface area contributed by atoms with Gasteiger partial charge in [0.2, 0.25) is 0 Å². The van der Waals surface area contributed by atoms with Gasteiger partial charge in [0.05, 0.1) is 12.2 Å². The predicted molar refractivity (Wildman–Crippen MR) is 88.2 cm³/mol. The van der Waals surface area contributed by atoms with Gasteiger partial charge in [-0.2, -0.15) is 13.2 Å². The normalized spacial score (nSPS) is 11.7. The summed E-state index contributed by atoms with van der Waals surface area (Å²) in [5.74, 6) is -0.366. The Balaban J connectivity index is 1.94. The number of esters is 1. The predicted octanol–water partition coefficient (Wildman–Crippen LogP) is 5.76. The van der Waals surface area contributed by atoms with E-state index in [4.69, 9.17) is 4.74 Å². The Kier molecular flexibility index (Phi) is 4.32. The fourth-order valence-electron chi connectivity index (χ4n) is 2.38. The molecule has 6 heteroatoms. The number of hydrogen-bond donors (Lipinski definition) is 0. The molecule has 0 amide bonds. The first kappa shape index (κ1) is 16.5. The van der Waals surface area contributed by atoms with Gasteiger partial charge in [-0.25, -0.2) is 4.79 Å². The Morgan fingerprint density at radius 1 is 1.04 bits per heavy atom. The van der Waals surface area contributed by atoms with Gasteiger partial charge in [-0.3, -0.25) is 0 Å². The lowest BCUT2D eigenvalue weighted by molar-refractivity contribution is -0.137. The molecule has 0 atom stereocenters. The minimum atomic E-state index is -4.34. The second-order valence-corrected chi connectivity index (χ2v) is 6.24. The van der Waals surface area contributed by atoms with Gasteiger partial charge in [-0.1, -0.05) is 18.2 Å². The highest BCUT2D eigenvalue weighted by Gasteiger charge is 2.29. The molecule has 0 unspecified atom stereocenters. The van der Waals surface area contributed by atoms with Crippen molar-refractivity contribution in [1.29, 1.82) is 0 Å². The van der Waals surface area contributed by atoms with Gasteiger partial charge < -0.3 is 4.74 Å². The van der Waals surface area contributed by atoms with Crippen LogP contribution in [0.15, 0.2) is 48.5 Å². The molecule has 0 aliphatic heterocycles. The number of carbonyl (C=O) groups excluding carboxylic acids is 1. The Bertz CT molecular complexity index is 879. The summed E-state index contributed by atoms with van der Waals surface area (Å²) in [5.41, 5.74) is 0.811. The number of hydrogen-bond acceptors (Lipinski definition) is 3. The van der Waals surface area contributed by atoms with Crippen LogP contribution in [0.3, 0.4) is 0 Å². The zero-order valence-corrected chi connectivity index (χ0v) is 13.5. The van der Waals surface area contributed by atoms with Crippen LogP contribution in [0.5, 0.6) is 0 Å². The number of thiophene rings is 1. The molecular weight excluding hydrogens is 337 g/mol. The number of benzene rings is 2. The second-order valence-electron chi connectivity index (χ2n) is 5.16. The molecule has 1 aromatic heterocycles. The van der Waals surface area contributed by atoms with Gasteiger partial charge in [-0.15, -0.1) is 11.3 Å². The van der Waals surface area contributed by atoms with Gasteiger partial charge in [-0.05, 0) is 53.8 Å². The van der Waals surface area contributed by atoms with E-state index in [1.165, 1.54) is 23.5 Å². The first-order chi connectivity index (χ1) is 11.4. The average Bonchev–Trinajstić information content (AvgIpc) is 2.97. The monoisotopic (exact) mass is 350 g/mol. The quantitative estimate of drug-likeness (QED) is 0.561. The molecule has 1 heterocycles. The van der Waals surface area contributed by atoms with E-state index in [9.17, 15) is 18.0 Å². The highest BCUT2D eigenvalue weighted by atomic mass is 32.1. The Morgan fingerprint density at radius 3 is 2.33 bits per heavy atom. The van der Waals surface area contributed by atoms with Crippen LogP contribution >= 0.6 is 11.3 Å². The molecule has 24 heavy (non-hydrogen) atoms. The van der Waals surface area contributed by atoms with E-state index >= 15 is 0 Å². The molecule has 0 saturated heterocycles. The Morgan fingerprint density at radius 2 is 1.71 bits per heavy atom. The van der Waals surface area contributed by atoms with Crippen LogP contribution in [0, 0.1) is 0 Å². The minimum absolute atomic E-state index is 0.309. The van der Waals surface area contributed by atoms with E-state index in [0.717, 1.165) is 27.8 Å². The van der Waals surface area contributed by atoms with Gasteiger partial charge >= 0.3 is 12.1 Å². The molecule has 0 N–H and O–H groups in total. The van der Waals surface area contributed by atoms with Crippen LogP contribution in [0.1, 0.15) is 22.2 Å². The summed E-state index contributed by atoms with van der Waals surface area (Å²) in [6.07, 6.45) is -4.34. The molecule has 0 spiro atoms. The van der Waals surface area contributed by atoms with Crippen molar-refractivity contribution in [3.8, 4) is 11.1 Å². The van der Waals surface area contributed by atoms with Crippen LogP contribution < -0.4 is 0 Å². The number of fused-ring (bicyclic) bond motifs is 1. The maximum Gasteiger partial charge on any atom is 0.416 e. The van der Waals surface area contributed by atoms with Crippen LogP contribution in [0.25, 0.3) is 21.2 Å². The maximum absolute atomic E-state index is 12.6. The van der Waals surface area contributed by atoms with E-state index in [0.29, 0.717) is 17.0 Å². The summed E-state index contributed by atoms with van der Waals surface area (Å²) < 4.78 is 43.8. The number of halogens is 3. The zero-order valence-electron chi connectivity index (χ0n) is 12.7. The highest BCUT2D eigenvalue weighted by Crippen LogP contribution is 2.33. The zero-order chi connectivity index (χ0) is 17.3. The van der Waals surface area contributed by atoms with E-state index in [1.807, 2.05) is 18.2 Å². The first-order valence-corrected chi connectivity index (χ1v) is 8.08. The third-order valence-electron chi connectivity index (χ3n) is 3.54. The van der Waals surface area contributed by atoms with E-state index in [2.05, 4.69) is 0 Å². The molecule has 3 aromatic rings. The number of carbonyl (C=O) groups is 1. The van der Waals surface area contributed by atoms with Crippen molar-refractivity contribution in [2.75, 3.05) is 6.61 Å². The number of alkyl halides is 3. The van der Waals surface area contributed by atoms with Crippen molar-refractivity contribution in [2.45, 2.75) is 13.1 Å². The summed E-state index contributed by atoms with van der Waals surface area (Å²) in [6.45, 7) is 2.05. The lowest BCUT2D eigenvalue weighted by atomic mass is 10.0. The second kappa shape index (κ2) is 6.28. The summed E-state index contributed by atoms with van der Waals surface area (Å²) >= 11 is 1.33. The molecule has 0 aliphatic rings. The molecule has 2 nitrogen and oxygen atoms in total. The minimum Gasteiger partial charge on any atom is -0.462 e. The van der Waals surface area contributed by atoms with Crippen molar-refractivity contribution in [3.05, 3.63) is 59.0 Å². The van der Waals surface area contributed by atoms with Crippen LogP contribution in [0.2, 0.25) is 0 Å². The van der Waals surface area contributed by atoms with Gasteiger partial charge in [0.1, 0.15) is 4.88 Å². The molecule has 0 bridgehead atoms. The maximum atomic E-state index is 12.6. The van der Waals surface area contributed by atoms with Crippen molar-refractivity contribution in [1.82, 2.24) is 0 Å². The molecule has 3 rings (SSSR count). The summed E-state index contributed by atoms with van der Waals surface area (Å²) in [7, 11) is 0. The molecule has 0 saturated carbocycles. The average molecular weight is 350 g/mol. The summed E-state index contributed by atoms with van der Waals surface area (Å²) in [6, 6.07) is 12.3. The van der Waals surface area contributed by atoms with Crippen molar-refractivity contribution < 1.29 is 22.7 Å². The van der Waals surface area contributed by atoms with E-state index in [-0.39, 0.29) is 5.97 Å². The third-order valence-corrected chi connectivity index (χ3v) is 4.63. The topological polar surface area (TPSA) is 26.3 Å².